The number of nitrogens with one attached hydrogen (secondary N) is 1. The number of hydrogen-bond donors (Lipinski definition) is 2. The van der Waals surface area contributed by atoms with Gasteiger partial charge in [0, 0.05) is 26.6 Å². The molecule has 1 saturated heterocycles. The van der Waals surface area contributed by atoms with Gasteiger partial charge in [-0.25, -0.2) is 0 Å². The lowest BCUT2D eigenvalue weighted by atomic mass is 10.1. The summed E-state index contributed by atoms with van der Waals surface area (Å²) in [5.74, 6) is -0.534. The first kappa shape index (κ1) is 19.6. The lowest BCUT2D eigenvalue weighted by molar-refractivity contribution is -0.142. The van der Waals surface area contributed by atoms with Gasteiger partial charge in [0.15, 0.2) is 0 Å². The van der Waals surface area contributed by atoms with Crippen LogP contribution < -0.4 is 5.32 Å². The molecule has 0 aromatic heterocycles. The molecule has 1 amide bonds. The van der Waals surface area contributed by atoms with Crippen molar-refractivity contribution in [3.05, 3.63) is 12.2 Å². The van der Waals surface area contributed by atoms with Gasteiger partial charge in [-0.15, -0.1) is 0 Å². The molecule has 0 aromatic carbocycles. The third kappa shape index (κ3) is 7.14. The molecule has 0 spiro atoms. The quantitative estimate of drug-likeness (QED) is 0.471. The predicted molar refractivity (Wildman–Crippen MR) is 89.2 cm³/mol. The van der Waals surface area contributed by atoms with Crippen LogP contribution in [-0.4, -0.2) is 60.3 Å². The molecule has 1 aliphatic rings. The highest BCUT2D eigenvalue weighted by Gasteiger charge is 2.36. The first-order valence-corrected chi connectivity index (χ1v) is 8.43. The van der Waals surface area contributed by atoms with E-state index in [1.54, 1.807) is 0 Å². The number of carboxylic acids is 1. The summed E-state index contributed by atoms with van der Waals surface area (Å²) in [5, 5.41) is 12.1. The maximum atomic E-state index is 11.5. The Bertz CT molecular complexity index is 411. The number of carboxylic acid groups (broad SMARTS) is 1. The first-order chi connectivity index (χ1) is 11.0. The molecule has 1 rings (SSSR count). The Kier molecular flexibility index (Phi) is 8.87. The Hall–Kier alpha value is -1.40. The number of hydrogen-bond acceptors (Lipinski definition) is 4. The smallest absolute Gasteiger partial charge is 0.320 e. The van der Waals surface area contributed by atoms with E-state index in [4.69, 9.17) is 4.74 Å². The van der Waals surface area contributed by atoms with Gasteiger partial charge in [0.1, 0.15) is 6.04 Å². The predicted octanol–water partition coefficient (Wildman–Crippen LogP) is 1.66. The van der Waals surface area contributed by atoms with Crippen molar-refractivity contribution < 1.29 is 19.4 Å². The van der Waals surface area contributed by atoms with Crippen LogP contribution in [0, 0.1) is 5.92 Å². The highest BCUT2D eigenvalue weighted by atomic mass is 16.5. The van der Waals surface area contributed by atoms with Crippen molar-refractivity contribution in [3.63, 3.8) is 0 Å². The summed E-state index contributed by atoms with van der Waals surface area (Å²) < 4.78 is 5.85. The molecular formula is C17H30N2O4. The fourth-order valence-corrected chi connectivity index (χ4v) is 3.07. The molecule has 6 heteroatoms. The van der Waals surface area contributed by atoms with Gasteiger partial charge < -0.3 is 15.2 Å². The zero-order chi connectivity index (χ0) is 17.2. The van der Waals surface area contributed by atoms with Gasteiger partial charge in [0.2, 0.25) is 5.91 Å². The van der Waals surface area contributed by atoms with E-state index < -0.39 is 12.0 Å². The van der Waals surface area contributed by atoms with Gasteiger partial charge in [-0.1, -0.05) is 25.5 Å². The monoisotopic (exact) mass is 326 g/mol. The number of ether oxygens (including phenoxy) is 1. The van der Waals surface area contributed by atoms with Crippen LogP contribution in [0.4, 0.5) is 0 Å². The fourth-order valence-electron chi connectivity index (χ4n) is 3.07. The van der Waals surface area contributed by atoms with E-state index in [-0.39, 0.29) is 12.0 Å². The second kappa shape index (κ2) is 10.4. The van der Waals surface area contributed by atoms with Crippen molar-refractivity contribution in [1.82, 2.24) is 10.2 Å². The summed E-state index contributed by atoms with van der Waals surface area (Å²) in [6.45, 7) is 7.85. The Balaban J connectivity index is 2.55. The number of nitrogens with zero attached hydrogens (tertiary/aromatic N) is 1. The summed E-state index contributed by atoms with van der Waals surface area (Å²) >= 11 is 0. The SMILES string of the molecule is C/C=C\C1CC(C(=O)O)N(CC(CCC)OCCNC(C)=O)C1. The number of carbonyl (C=O) groups excluding carboxylic acids is 1. The first-order valence-electron chi connectivity index (χ1n) is 8.43. The minimum absolute atomic E-state index is 0.0000331. The molecule has 6 nitrogen and oxygen atoms in total. The van der Waals surface area contributed by atoms with E-state index in [1.807, 2.05) is 17.9 Å². The van der Waals surface area contributed by atoms with E-state index in [1.165, 1.54) is 6.92 Å². The summed E-state index contributed by atoms with van der Waals surface area (Å²) in [7, 11) is 0. The largest absolute Gasteiger partial charge is 0.480 e. The molecule has 1 fully saturated rings. The molecule has 3 atom stereocenters. The van der Waals surface area contributed by atoms with Crippen molar-refractivity contribution in [3.8, 4) is 0 Å². The summed E-state index contributed by atoms with van der Waals surface area (Å²) in [4.78, 5) is 24.4. The number of amides is 1. The molecule has 0 bridgehead atoms. The molecule has 23 heavy (non-hydrogen) atoms. The Morgan fingerprint density at radius 3 is 2.78 bits per heavy atom. The lowest BCUT2D eigenvalue weighted by Crippen LogP contribution is -2.42. The maximum Gasteiger partial charge on any atom is 0.320 e. The lowest BCUT2D eigenvalue weighted by Gasteiger charge is -2.27. The highest BCUT2D eigenvalue weighted by molar-refractivity contribution is 5.74. The summed E-state index contributed by atoms with van der Waals surface area (Å²) in [6.07, 6.45) is 6.60. The molecule has 0 aliphatic carbocycles. The Labute approximate surface area is 138 Å². The summed E-state index contributed by atoms with van der Waals surface area (Å²) in [6, 6.07) is -0.436. The standard InChI is InChI=1S/C17H30N2O4/c1-4-6-14-10-16(17(21)22)19(11-14)12-15(7-5-2)23-9-8-18-13(3)20/h4,6,14-16H,5,7-12H2,1-3H3,(H,18,20)(H,21,22)/b6-4-. The Morgan fingerprint density at radius 2 is 2.22 bits per heavy atom. The van der Waals surface area contributed by atoms with Gasteiger partial charge in [-0.3, -0.25) is 14.5 Å². The molecule has 2 N–H and O–H groups in total. The normalized spacial score (nSPS) is 23.3. The summed E-state index contributed by atoms with van der Waals surface area (Å²) in [5.41, 5.74) is 0. The number of likely N-dealkylation sites (tertiary alicyclic amines) is 1. The minimum atomic E-state index is -0.759. The second-order valence-corrected chi connectivity index (χ2v) is 6.09. The van der Waals surface area contributed by atoms with E-state index in [0.717, 1.165) is 19.4 Å². The van der Waals surface area contributed by atoms with Crippen molar-refractivity contribution in [2.24, 2.45) is 5.92 Å². The van der Waals surface area contributed by atoms with Crippen LogP contribution in [0.25, 0.3) is 0 Å². The van der Waals surface area contributed by atoms with Gasteiger partial charge >= 0.3 is 5.97 Å². The molecule has 0 aromatic rings. The van der Waals surface area contributed by atoms with Crippen LogP contribution in [-0.2, 0) is 14.3 Å². The Morgan fingerprint density at radius 1 is 1.48 bits per heavy atom. The fraction of sp³-hybridized carbons (Fsp3) is 0.765. The average molecular weight is 326 g/mol. The van der Waals surface area contributed by atoms with Gasteiger partial charge in [-0.05, 0) is 25.7 Å². The molecule has 132 valence electrons. The molecule has 0 radical (unpaired) electrons. The zero-order valence-corrected chi connectivity index (χ0v) is 14.5. The molecular weight excluding hydrogens is 296 g/mol. The van der Waals surface area contributed by atoms with Crippen molar-refractivity contribution in [1.29, 1.82) is 0 Å². The average Bonchev–Trinajstić information content (AvgIpc) is 2.87. The van der Waals surface area contributed by atoms with Crippen LogP contribution in [0.2, 0.25) is 0 Å². The number of allylic oxidation sites excluding steroid dienone is 1. The van der Waals surface area contributed by atoms with Crippen LogP contribution in [0.15, 0.2) is 12.2 Å². The van der Waals surface area contributed by atoms with Crippen molar-refractivity contribution in [2.45, 2.75) is 52.2 Å². The molecule has 1 heterocycles. The molecule has 0 saturated carbocycles. The third-order valence-electron chi connectivity index (χ3n) is 4.06. The van der Waals surface area contributed by atoms with Gasteiger partial charge in [-0.2, -0.15) is 0 Å². The highest BCUT2D eigenvalue weighted by Crippen LogP contribution is 2.25. The maximum absolute atomic E-state index is 11.5. The van der Waals surface area contributed by atoms with Crippen LogP contribution in [0.3, 0.4) is 0 Å². The topological polar surface area (TPSA) is 78.9 Å². The second-order valence-electron chi connectivity index (χ2n) is 6.09. The van der Waals surface area contributed by atoms with E-state index in [9.17, 15) is 14.7 Å². The molecule has 1 aliphatic heterocycles. The van der Waals surface area contributed by atoms with Crippen LogP contribution in [0.5, 0.6) is 0 Å². The van der Waals surface area contributed by atoms with E-state index >= 15 is 0 Å². The van der Waals surface area contributed by atoms with E-state index in [0.29, 0.717) is 32.0 Å². The number of aliphatic carboxylic acids is 1. The molecule has 3 unspecified atom stereocenters. The van der Waals surface area contributed by atoms with Crippen LogP contribution >= 0.6 is 0 Å². The van der Waals surface area contributed by atoms with Crippen molar-refractivity contribution in [2.75, 3.05) is 26.2 Å². The van der Waals surface area contributed by atoms with Gasteiger partial charge in [0.25, 0.3) is 0 Å². The van der Waals surface area contributed by atoms with Gasteiger partial charge in [0.05, 0.1) is 12.7 Å². The van der Waals surface area contributed by atoms with Crippen molar-refractivity contribution >= 4 is 11.9 Å². The minimum Gasteiger partial charge on any atom is -0.480 e. The van der Waals surface area contributed by atoms with E-state index in [2.05, 4.69) is 18.3 Å². The number of carbonyl (C=O) groups is 2. The van der Waals surface area contributed by atoms with Crippen LogP contribution in [0.1, 0.15) is 40.0 Å². The number of rotatable bonds is 10. The third-order valence-corrected chi connectivity index (χ3v) is 4.06. The zero-order valence-electron chi connectivity index (χ0n) is 14.5.